The van der Waals surface area contributed by atoms with E-state index in [-0.39, 0.29) is 24.5 Å². The van der Waals surface area contributed by atoms with Crippen LogP contribution < -0.4 is 5.43 Å². The van der Waals surface area contributed by atoms with Crippen LogP contribution in [0, 0.1) is 10.1 Å². The maximum absolute atomic E-state index is 11.2. The minimum atomic E-state index is -0.489. The van der Waals surface area contributed by atoms with Gasteiger partial charge in [0.1, 0.15) is 0 Å². The van der Waals surface area contributed by atoms with E-state index in [0.717, 1.165) is 22.4 Å². The van der Waals surface area contributed by atoms with E-state index in [1.54, 1.807) is 18.2 Å². The summed E-state index contributed by atoms with van der Waals surface area (Å²) in [4.78, 5) is 26.1. The zero-order valence-corrected chi connectivity index (χ0v) is 18.1. The molecule has 1 aromatic heterocycles. The van der Waals surface area contributed by atoms with Crippen LogP contribution in [-0.4, -0.2) is 22.3 Å². The van der Waals surface area contributed by atoms with Gasteiger partial charge in [0.25, 0.3) is 12.2 Å². The van der Waals surface area contributed by atoms with E-state index < -0.39 is 4.92 Å². The van der Waals surface area contributed by atoms with Gasteiger partial charge in [-0.1, -0.05) is 72.8 Å². The second-order valence-corrected chi connectivity index (χ2v) is 7.73. The molecule has 0 radical (unpaired) electrons. The Kier molecular flexibility index (Phi) is 6.81. The van der Waals surface area contributed by atoms with Crippen LogP contribution in [0.2, 0.25) is 0 Å². The molecule has 0 aliphatic carbocycles. The number of carbonyl (C=O) groups is 1. The van der Waals surface area contributed by atoms with Gasteiger partial charge in [0.2, 0.25) is 11.0 Å². The van der Waals surface area contributed by atoms with E-state index in [0.29, 0.717) is 10.7 Å². The van der Waals surface area contributed by atoms with Gasteiger partial charge in [-0.2, -0.15) is 0 Å². The van der Waals surface area contributed by atoms with Gasteiger partial charge in [-0.3, -0.25) is 14.9 Å². The van der Waals surface area contributed by atoms with Crippen LogP contribution in [0.15, 0.2) is 89.3 Å². The molecular formula is C24H18N4O4S. The number of nitrogens with zero attached hydrogens (tertiary/aromatic N) is 3. The van der Waals surface area contributed by atoms with Crippen molar-refractivity contribution in [3.63, 3.8) is 0 Å². The summed E-state index contributed by atoms with van der Waals surface area (Å²) in [6.45, 7) is 0.233. The van der Waals surface area contributed by atoms with E-state index in [1.165, 1.54) is 17.4 Å². The number of nitrogens with one attached hydrogen (secondary N) is 1. The molecule has 0 amide bonds. The van der Waals surface area contributed by atoms with Crippen LogP contribution in [-0.2, 0) is 16.0 Å². The van der Waals surface area contributed by atoms with E-state index in [1.807, 2.05) is 47.8 Å². The third-order valence-electron chi connectivity index (χ3n) is 4.78. The van der Waals surface area contributed by atoms with Crippen LogP contribution in [0.3, 0.4) is 0 Å². The average molecular weight is 458 g/mol. The molecular weight excluding hydrogens is 440 g/mol. The Bertz CT molecular complexity index is 1290. The number of hydrogen-bond donors (Lipinski definition) is 1. The standard InChI is InChI=1S/C24H18N4O4S/c29-16-32-23(14-20-8-4-5-9-22(20)28(30)31)26-27-24-25-21(15-33-24)19-12-10-18(11-13-19)17-6-2-1-3-7-17/h1-13,15-16H,14H2,(H,25,27). The lowest BCUT2D eigenvalue weighted by Crippen LogP contribution is -2.11. The number of hydrazone groups is 1. The van der Waals surface area contributed by atoms with Gasteiger partial charge in [-0.05, 0) is 11.1 Å². The zero-order chi connectivity index (χ0) is 23.0. The fourth-order valence-electron chi connectivity index (χ4n) is 3.20. The lowest BCUT2D eigenvalue weighted by Gasteiger charge is -2.05. The minimum Gasteiger partial charge on any atom is -0.412 e. The maximum atomic E-state index is 11.2. The molecule has 9 heteroatoms. The molecule has 0 unspecified atom stereocenters. The second kappa shape index (κ2) is 10.3. The first-order valence-electron chi connectivity index (χ1n) is 9.90. The first-order valence-corrected chi connectivity index (χ1v) is 10.8. The highest BCUT2D eigenvalue weighted by Crippen LogP contribution is 2.28. The van der Waals surface area contributed by atoms with Gasteiger partial charge in [0.05, 0.1) is 17.0 Å². The third kappa shape index (κ3) is 5.46. The lowest BCUT2D eigenvalue weighted by molar-refractivity contribution is -0.385. The highest BCUT2D eigenvalue weighted by Gasteiger charge is 2.16. The number of rotatable bonds is 8. The van der Waals surface area contributed by atoms with Crippen LogP contribution in [0.25, 0.3) is 22.4 Å². The zero-order valence-electron chi connectivity index (χ0n) is 17.3. The number of aromatic nitrogens is 1. The summed E-state index contributed by atoms with van der Waals surface area (Å²) in [6, 6.07) is 24.4. The number of para-hydroxylation sites is 1. The van der Waals surface area contributed by atoms with Crippen molar-refractivity contribution in [2.24, 2.45) is 5.10 Å². The molecule has 0 saturated carbocycles. The SMILES string of the molecule is O=COC(Cc1ccccc1[N+](=O)[O-])=NNc1nc(-c2ccc(-c3ccccc3)cc2)cs1. The normalized spacial score (nSPS) is 11.1. The van der Waals surface area contributed by atoms with Gasteiger partial charge in [-0.15, -0.1) is 16.4 Å². The molecule has 33 heavy (non-hydrogen) atoms. The second-order valence-electron chi connectivity index (χ2n) is 6.88. The highest BCUT2D eigenvalue weighted by molar-refractivity contribution is 7.14. The fourth-order valence-corrected chi connectivity index (χ4v) is 3.86. The molecule has 1 heterocycles. The number of nitro groups is 1. The van der Waals surface area contributed by atoms with E-state index in [9.17, 15) is 14.9 Å². The molecule has 3 aromatic carbocycles. The van der Waals surface area contributed by atoms with Crippen molar-refractivity contribution in [1.29, 1.82) is 0 Å². The van der Waals surface area contributed by atoms with Crippen LogP contribution in [0.5, 0.6) is 0 Å². The Morgan fingerprint density at radius 2 is 1.67 bits per heavy atom. The molecule has 0 spiro atoms. The van der Waals surface area contributed by atoms with Crippen LogP contribution in [0.4, 0.5) is 10.8 Å². The van der Waals surface area contributed by atoms with Gasteiger partial charge in [0.15, 0.2) is 0 Å². The van der Waals surface area contributed by atoms with Gasteiger partial charge < -0.3 is 4.74 Å². The maximum Gasteiger partial charge on any atom is 0.299 e. The Balaban J connectivity index is 1.48. The van der Waals surface area contributed by atoms with Gasteiger partial charge in [-0.25, -0.2) is 10.4 Å². The van der Waals surface area contributed by atoms with Crippen LogP contribution in [0.1, 0.15) is 5.56 Å². The largest absolute Gasteiger partial charge is 0.412 e. The molecule has 0 saturated heterocycles. The van der Waals surface area contributed by atoms with Crippen molar-refractivity contribution in [2.75, 3.05) is 5.43 Å². The van der Waals surface area contributed by atoms with Crippen molar-refractivity contribution in [1.82, 2.24) is 4.98 Å². The quantitative estimate of drug-likeness (QED) is 0.122. The Morgan fingerprint density at radius 3 is 2.39 bits per heavy atom. The van der Waals surface area contributed by atoms with Crippen molar-refractivity contribution >= 4 is 34.5 Å². The van der Waals surface area contributed by atoms with Crippen molar-refractivity contribution in [2.45, 2.75) is 6.42 Å². The highest BCUT2D eigenvalue weighted by atomic mass is 32.1. The van der Waals surface area contributed by atoms with E-state index in [4.69, 9.17) is 4.74 Å². The summed E-state index contributed by atoms with van der Waals surface area (Å²) in [7, 11) is 0. The topological polar surface area (TPSA) is 107 Å². The Morgan fingerprint density at radius 1 is 1.00 bits per heavy atom. The molecule has 0 fully saturated rings. The molecule has 0 aliphatic rings. The van der Waals surface area contributed by atoms with E-state index in [2.05, 4.69) is 27.6 Å². The van der Waals surface area contributed by atoms with Crippen molar-refractivity contribution in [3.8, 4) is 22.4 Å². The molecule has 0 bridgehead atoms. The summed E-state index contributed by atoms with van der Waals surface area (Å²) >= 11 is 1.34. The first-order chi connectivity index (χ1) is 16.1. The minimum absolute atomic E-state index is 0.0109. The number of carbonyl (C=O) groups excluding carboxylic acids is 1. The number of ether oxygens (including phenoxy) is 1. The third-order valence-corrected chi connectivity index (χ3v) is 5.53. The number of benzene rings is 3. The van der Waals surface area contributed by atoms with E-state index >= 15 is 0 Å². The molecule has 8 nitrogen and oxygen atoms in total. The Labute approximate surface area is 193 Å². The number of anilines is 1. The predicted molar refractivity (Wildman–Crippen MR) is 128 cm³/mol. The molecule has 164 valence electrons. The Hall–Kier alpha value is -4.37. The molecule has 1 N–H and O–H groups in total. The predicted octanol–water partition coefficient (Wildman–Crippen LogP) is 5.53. The summed E-state index contributed by atoms with van der Waals surface area (Å²) in [5.74, 6) is -0.0109. The number of hydrogen-bond acceptors (Lipinski definition) is 8. The summed E-state index contributed by atoms with van der Waals surface area (Å²) < 4.78 is 4.91. The van der Waals surface area contributed by atoms with Crippen LogP contribution >= 0.6 is 11.3 Å². The number of nitro benzene ring substituents is 1. The first kappa shape index (κ1) is 21.8. The summed E-state index contributed by atoms with van der Waals surface area (Å²) in [5.41, 5.74) is 7.05. The average Bonchev–Trinajstić information content (AvgIpc) is 3.33. The van der Waals surface area contributed by atoms with Gasteiger partial charge in [0, 0.05) is 22.6 Å². The molecule has 4 aromatic rings. The fraction of sp³-hybridized carbons (Fsp3) is 0.0417. The van der Waals surface area contributed by atoms with Crippen molar-refractivity contribution < 1.29 is 14.5 Å². The van der Waals surface area contributed by atoms with Gasteiger partial charge >= 0.3 is 0 Å². The summed E-state index contributed by atoms with van der Waals surface area (Å²) in [5, 5.41) is 17.7. The molecule has 0 atom stereocenters. The smallest absolute Gasteiger partial charge is 0.299 e. The molecule has 0 aliphatic heterocycles. The lowest BCUT2D eigenvalue weighted by atomic mass is 10.0. The molecule has 4 rings (SSSR count). The summed E-state index contributed by atoms with van der Waals surface area (Å²) in [6.07, 6.45) is -0.0257. The van der Waals surface area contributed by atoms with Crippen molar-refractivity contribution in [3.05, 3.63) is 99.9 Å². The number of thiazole rings is 1. The monoisotopic (exact) mass is 458 g/mol.